The fraction of sp³-hybridized carbons (Fsp3) is 0.364. The second-order valence-corrected chi connectivity index (χ2v) is 32.6. The molecule has 2 saturated heterocycles. The number of halogens is 7. The summed E-state index contributed by atoms with van der Waals surface area (Å²) in [7, 11) is 3.37. The average molecular weight is 1740 g/mol. The zero-order valence-corrected chi connectivity index (χ0v) is 70.9. The first kappa shape index (κ1) is 93.0. The van der Waals surface area contributed by atoms with Gasteiger partial charge in [0.15, 0.2) is 0 Å². The van der Waals surface area contributed by atoms with Crippen LogP contribution in [0.1, 0.15) is 173 Å². The van der Waals surface area contributed by atoms with E-state index in [0.29, 0.717) is 38.0 Å². The molecule has 2 aliphatic rings. The molecule has 7 N–H and O–H groups in total. The number of nitrogens with two attached hydrogens (primary N) is 3. The van der Waals surface area contributed by atoms with Gasteiger partial charge in [0.2, 0.25) is 0 Å². The van der Waals surface area contributed by atoms with E-state index in [-0.39, 0.29) is 52.2 Å². The molecule has 9 aromatic rings. The molecule has 1 radical (unpaired) electrons. The fourth-order valence-electron chi connectivity index (χ4n) is 9.46. The van der Waals surface area contributed by atoms with Gasteiger partial charge in [0.1, 0.15) is 57.5 Å². The molecule has 591 valence electrons. The third-order valence-electron chi connectivity index (χ3n) is 16.5. The van der Waals surface area contributed by atoms with E-state index in [0.717, 1.165) is 44.7 Å². The number of esters is 3. The number of thiol groups is 1. The third-order valence-corrected chi connectivity index (χ3v) is 18.1. The molecule has 111 heavy (non-hydrogen) atoms. The van der Waals surface area contributed by atoms with Crippen molar-refractivity contribution in [3.05, 3.63) is 199 Å². The zero-order valence-electron chi connectivity index (χ0n) is 65.3. The van der Waals surface area contributed by atoms with Crippen LogP contribution in [0.5, 0.6) is 0 Å². The van der Waals surface area contributed by atoms with Crippen LogP contribution >= 0.6 is 60.6 Å². The molecule has 7 heterocycles. The van der Waals surface area contributed by atoms with E-state index >= 15 is 0 Å². The monoisotopic (exact) mass is 1740 g/mol. The number of aromatic carboxylic acids is 1. The first-order valence-electron chi connectivity index (χ1n) is 34.5. The number of aryl methyl sites for hydroxylation is 2. The first-order chi connectivity index (χ1) is 51.4. The predicted octanol–water partition coefficient (Wildman–Crippen LogP) is 16.7. The Labute approximate surface area is 677 Å². The topological polar surface area (TPSA) is 318 Å². The summed E-state index contributed by atoms with van der Waals surface area (Å²) in [6.45, 7) is 37.2. The van der Waals surface area contributed by atoms with Crippen LogP contribution in [0.4, 0.5) is 35.0 Å². The zero-order chi connectivity index (χ0) is 83.7. The minimum atomic E-state index is -1.25. The fourth-order valence-corrected chi connectivity index (χ4v) is 10.4. The molecule has 0 amide bonds. The molecule has 0 atom stereocenters. The van der Waals surface area contributed by atoms with E-state index < -0.39 is 82.3 Å². The number of carbonyl (C=O) groups excluding carboxylic acids is 3. The molecule has 0 spiro atoms. The summed E-state index contributed by atoms with van der Waals surface area (Å²) < 4.78 is 104. The van der Waals surface area contributed by atoms with E-state index in [1.807, 2.05) is 76.1 Å². The summed E-state index contributed by atoms with van der Waals surface area (Å²) in [5.74, 6) is -4.96. The molecule has 11 rings (SSSR count). The van der Waals surface area contributed by atoms with E-state index in [1.54, 1.807) is 116 Å². The molecule has 0 saturated carbocycles. The van der Waals surface area contributed by atoms with Crippen molar-refractivity contribution in [2.24, 2.45) is 4.30 Å². The van der Waals surface area contributed by atoms with Crippen molar-refractivity contribution < 1.29 is 74.7 Å². The van der Waals surface area contributed by atoms with E-state index in [4.69, 9.17) is 55.1 Å². The second kappa shape index (κ2) is 39.2. The van der Waals surface area contributed by atoms with Crippen molar-refractivity contribution in [3.8, 4) is 33.4 Å². The van der Waals surface area contributed by atoms with Crippen molar-refractivity contribution in [1.82, 2.24) is 34.5 Å². The normalized spacial score (nSPS) is 14.2. The number of nitrogen functional groups attached to an aromatic ring is 3. The van der Waals surface area contributed by atoms with Gasteiger partial charge in [0, 0.05) is 86.9 Å². The second-order valence-electron chi connectivity index (χ2n) is 29.7. The molecule has 2 aliphatic heterocycles. The van der Waals surface area contributed by atoms with E-state index in [9.17, 15) is 36.7 Å². The summed E-state index contributed by atoms with van der Waals surface area (Å²) in [4.78, 5) is 58.4. The number of rotatable bonds is 11. The molecule has 0 unspecified atom stereocenters. The molecule has 4 aromatic carbocycles. The third kappa shape index (κ3) is 27.3. The van der Waals surface area contributed by atoms with Gasteiger partial charge in [-0.1, -0.05) is 34.1 Å². The van der Waals surface area contributed by atoms with E-state index in [1.165, 1.54) is 48.5 Å². The minimum absolute atomic E-state index is 0.0970. The Kier molecular flexibility index (Phi) is 32.9. The Balaban J connectivity index is 0.000000245. The number of hydrogen-bond acceptors (Lipinski definition) is 21. The number of carbonyl (C=O) groups is 4. The van der Waals surface area contributed by atoms with Crippen molar-refractivity contribution in [2.75, 3.05) is 17.2 Å². The Morgan fingerprint density at radius 1 is 0.505 bits per heavy atom. The van der Waals surface area contributed by atoms with Crippen LogP contribution in [-0.2, 0) is 45.9 Å². The van der Waals surface area contributed by atoms with Crippen LogP contribution in [-0.4, -0.2) is 125 Å². The van der Waals surface area contributed by atoms with Crippen LogP contribution in [0.25, 0.3) is 33.4 Å². The Morgan fingerprint density at radius 2 is 0.901 bits per heavy atom. The number of hydrogen-bond donors (Lipinski definition) is 5. The predicted molar refractivity (Wildman–Crippen MR) is 438 cm³/mol. The molecule has 23 nitrogen and oxygen atoms in total. The van der Waals surface area contributed by atoms with Gasteiger partial charge in [-0.25, -0.2) is 51.7 Å². The number of ether oxygens (including phenoxy) is 3. The number of nitrogens with zero attached hydrogens (tertiary/aromatic N) is 8. The van der Waals surface area contributed by atoms with Gasteiger partial charge in [-0.15, -0.1) is 0 Å². The van der Waals surface area contributed by atoms with Crippen LogP contribution in [0.15, 0.2) is 158 Å². The number of pyridine rings is 3. The summed E-state index contributed by atoms with van der Waals surface area (Å²) in [6.07, 6.45) is 12.3. The maximum atomic E-state index is 14.6. The molecule has 0 aliphatic carbocycles. The SMILES string of the molecule is CC(C)(C)OC(=O)c1ccc(-c2cc(Br)cnc2N)cc1F.CC(C)(C)OC(=O)c1ccc(B2OC(C)(C)C(C)(C)O2)cc1F.CCn1cc(-c2cnc(N)c(-c3ccc(C(=O)OC(C)(C)C)c(F)c3)c2)cn1.CCn1cc(B2OC(C)(C)C(C)(C)O2)cn1.Nc1ncccc1Br.O=C(O)c1ccc(Br)cc1F.[B]=NS. The number of benzene rings is 4. The summed E-state index contributed by atoms with van der Waals surface area (Å²) in [5, 5.41) is 16.9. The standard InChI is InChI=1S/C21H23FN4O2.C17H24BFO4.C16H16BrFN2O2.C11H19BN2O2.C7H4BrFO2.C5H5BrN2.BHNS/c1-5-26-12-15(11-25-26)14-8-17(19(23)24-10-14)13-6-7-16(18(22)9-13)20(27)28-21(2,3)4;1-15(2,3)21-14(20)12-9-8-11(10-13(12)19)18-22-16(4,5)17(6,7)23-18;1-16(2,3)22-15(21)11-5-4-9(6-13(11)18)12-7-10(17)8-20-14(12)19;1-6-14-8-9(7-13-14)12-15-10(2,3)11(4,5)16-12;8-4-1-2-5(7(10)11)6(9)3-4;6-4-2-1-3-8-5(4)7;1-2-3/h6-12H,5H2,1-4H3,(H2,23,24);8-10H,1-7H3;4-8H,1-3H3,(H2,19,20);7-8H,6H2,1-5H3;1-3H,(H,10,11);1-3H,(H2,7,8);3H. The van der Waals surface area contributed by atoms with Crippen molar-refractivity contribution in [3.63, 3.8) is 0 Å². The Hall–Kier alpha value is -8.63. The maximum absolute atomic E-state index is 14.6. The van der Waals surface area contributed by atoms with Crippen LogP contribution < -0.4 is 28.1 Å². The Morgan fingerprint density at radius 3 is 1.28 bits per heavy atom. The average Bonchev–Trinajstić information content (AvgIpc) is 1.64. The molecule has 2 fully saturated rings. The van der Waals surface area contributed by atoms with Gasteiger partial charge < -0.3 is 55.1 Å². The molecule has 0 bridgehead atoms. The summed E-state index contributed by atoms with van der Waals surface area (Å²) in [5.41, 5.74) is 18.4. The van der Waals surface area contributed by atoms with Crippen LogP contribution in [0, 0.1) is 23.3 Å². The molecule has 34 heteroatoms. The number of aromatic nitrogens is 7. The van der Waals surface area contributed by atoms with Crippen molar-refractivity contribution >= 4 is 135 Å². The molecular formula is C77H92B3Br3F4N11O12S. The first-order valence-corrected chi connectivity index (χ1v) is 37.2. The molecular weight excluding hydrogens is 1650 g/mol. The summed E-state index contributed by atoms with van der Waals surface area (Å²) >= 11 is 12.7. The number of carboxylic acids is 1. The quantitative estimate of drug-likeness (QED) is 0.0264. The van der Waals surface area contributed by atoms with Gasteiger partial charge in [-0.05, 0) is 259 Å². The van der Waals surface area contributed by atoms with Gasteiger partial charge in [0.25, 0.3) is 0 Å². The van der Waals surface area contributed by atoms with Crippen LogP contribution in [0.3, 0.4) is 0 Å². The van der Waals surface area contributed by atoms with Crippen LogP contribution in [0.2, 0.25) is 0 Å². The van der Waals surface area contributed by atoms with E-state index in [2.05, 4.69) is 132 Å². The van der Waals surface area contributed by atoms with Gasteiger partial charge in [0.05, 0.1) is 55.3 Å². The molecule has 5 aromatic heterocycles. The van der Waals surface area contributed by atoms with Gasteiger partial charge in [-0.2, -0.15) is 10.2 Å². The van der Waals surface area contributed by atoms with Crippen molar-refractivity contribution in [2.45, 2.75) is 184 Å². The van der Waals surface area contributed by atoms with Crippen molar-refractivity contribution in [1.29, 1.82) is 0 Å². The number of carboxylic acid groups (broad SMARTS) is 1. The van der Waals surface area contributed by atoms with Gasteiger partial charge in [-0.3, -0.25) is 9.36 Å². The summed E-state index contributed by atoms with van der Waals surface area (Å²) in [6, 6.07) is 23.9. The number of anilines is 3. The van der Waals surface area contributed by atoms with Gasteiger partial charge >= 0.3 is 62.9 Å². The Bertz CT molecular complexity index is 4700.